The molecule has 0 bridgehead atoms. The van der Waals surface area contributed by atoms with Crippen molar-refractivity contribution in [2.24, 2.45) is 0 Å². The van der Waals surface area contributed by atoms with Gasteiger partial charge in [-0.05, 0) is 47.4 Å². The van der Waals surface area contributed by atoms with E-state index in [4.69, 9.17) is 9.47 Å². The molecule has 0 saturated carbocycles. The first-order valence-corrected chi connectivity index (χ1v) is 9.58. The van der Waals surface area contributed by atoms with Crippen molar-refractivity contribution in [1.82, 2.24) is 4.72 Å². The fraction of sp³-hybridized carbons (Fsp3) is 0.368. The Kier molecular flexibility index (Phi) is 6.08. The summed E-state index contributed by atoms with van der Waals surface area (Å²) in [6.45, 7) is 6.70. The van der Waals surface area contributed by atoms with Crippen molar-refractivity contribution in [3.8, 4) is 11.5 Å². The van der Waals surface area contributed by atoms with Crippen LogP contribution in [0.25, 0.3) is 0 Å². The quantitative estimate of drug-likeness (QED) is 0.766. The minimum Gasteiger partial charge on any atom is -0.497 e. The van der Waals surface area contributed by atoms with Crippen molar-refractivity contribution >= 4 is 10.0 Å². The molecule has 0 spiro atoms. The molecule has 2 rings (SSSR count). The molecule has 0 radical (unpaired) electrons. The molecule has 0 amide bonds. The molecule has 5 nitrogen and oxygen atoms in total. The van der Waals surface area contributed by atoms with E-state index in [1.54, 1.807) is 43.5 Å². The number of methoxy groups -OCH3 is 1. The zero-order valence-corrected chi connectivity index (χ0v) is 15.9. The highest BCUT2D eigenvalue weighted by Crippen LogP contribution is 2.23. The van der Waals surface area contributed by atoms with E-state index in [-0.39, 0.29) is 23.5 Å². The van der Waals surface area contributed by atoms with E-state index < -0.39 is 10.0 Å². The van der Waals surface area contributed by atoms with Gasteiger partial charge in [0.05, 0.1) is 12.0 Å². The normalized spacial score (nSPS) is 12.0. The minimum absolute atomic E-state index is 0.0120. The molecule has 0 heterocycles. The standard InChI is InChI=1S/C19H25NO4S/c1-19(2,3)15-5-11-18(12-6-15)25(21,22)20-13-14-24-17-9-7-16(23-4)8-10-17/h5-12,20H,13-14H2,1-4H3. The minimum atomic E-state index is -3.54. The van der Waals surface area contributed by atoms with Crippen LogP contribution >= 0.6 is 0 Å². The van der Waals surface area contributed by atoms with Crippen molar-refractivity contribution in [2.45, 2.75) is 31.1 Å². The van der Waals surface area contributed by atoms with Crippen LogP contribution in [0.1, 0.15) is 26.3 Å². The molecular weight excluding hydrogens is 338 g/mol. The number of rotatable bonds is 7. The summed E-state index contributed by atoms with van der Waals surface area (Å²) in [6, 6.07) is 14.1. The van der Waals surface area contributed by atoms with E-state index in [1.165, 1.54) is 0 Å². The first kappa shape index (κ1) is 19.3. The maximum Gasteiger partial charge on any atom is 0.240 e. The van der Waals surface area contributed by atoms with Gasteiger partial charge in [0.15, 0.2) is 0 Å². The largest absolute Gasteiger partial charge is 0.497 e. The van der Waals surface area contributed by atoms with Gasteiger partial charge in [-0.15, -0.1) is 0 Å². The van der Waals surface area contributed by atoms with Crippen molar-refractivity contribution in [3.63, 3.8) is 0 Å². The fourth-order valence-corrected chi connectivity index (χ4v) is 3.25. The molecule has 0 aliphatic rings. The van der Waals surface area contributed by atoms with Crippen LogP contribution < -0.4 is 14.2 Å². The maximum atomic E-state index is 12.3. The number of benzene rings is 2. The molecule has 0 aliphatic heterocycles. The van der Waals surface area contributed by atoms with Crippen molar-refractivity contribution in [2.75, 3.05) is 20.3 Å². The fourth-order valence-electron chi connectivity index (χ4n) is 2.23. The van der Waals surface area contributed by atoms with Crippen molar-refractivity contribution in [3.05, 3.63) is 54.1 Å². The molecule has 136 valence electrons. The van der Waals surface area contributed by atoms with Gasteiger partial charge >= 0.3 is 0 Å². The first-order valence-electron chi connectivity index (χ1n) is 8.09. The zero-order chi connectivity index (χ0) is 18.5. The Labute approximate surface area is 150 Å². The van der Waals surface area contributed by atoms with Gasteiger partial charge in [0.1, 0.15) is 18.1 Å². The molecule has 0 aliphatic carbocycles. The Morgan fingerprint density at radius 2 is 1.48 bits per heavy atom. The highest BCUT2D eigenvalue weighted by Gasteiger charge is 2.17. The number of hydrogen-bond acceptors (Lipinski definition) is 4. The van der Waals surface area contributed by atoms with Crippen LogP contribution in [0.3, 0.4) is 0 Å². The smallest absolute Gasteiger partial charge is 0.240 e. The summed E-state index contributed by atoms with van der Waals surface area (Å²) in [7, 11) is -1.94. The zero-order valence-electron chi connectivity index (χ0n) is 15.1. The summed E-state index contributed by atoms with van der Waals surface area (Å²) >= 11 is 0. The average molecular weight is 363 g/mol. The molecule has 0 unspecified atom stereocenters. The van der Waals surface area contributed by atoms with Crippen LogP contribution in [0.4, 0.5) is 0 Å². The Hall–Kier alpha value is -2.05. The second kappa shape index (κ2) is 7.89. The summed E-state index contributed by atoms with van der Waals surface area (Å²) in [4.78, 5) is 0.255. The van der Waals surface area contributed by atoms with Gasteiger partial charge < -0.3 is 9.47 Å². The second-order valence-corrected chi connectivity index (χ2v) is 8.46. The summed E-state index contributed by atoms with van der Waals surface area (Å²) in [5.41, 5.74) is 1.08. The highest BCUT2D eigenvalue weighted by molar-refractivity contribution is 7.89. The van der Waals surface area contributed by atoms with E-state index >= 15 is 0 Å². The number of ether oxygens (including phenoxy) is 2. The van der Waals surface area contributed by atoms with Crippen LogP contribution in [0.5, 0.6) is 11.5 Å². The number of nitrogens with one attached hydrogen (secondary N) is 1. The summed E-state index contributed by atoms with van der Waals surface area (Å²) in [5.74, 6) is 1.40. The molecule has 6 heteroatoms. The third kappa shape index (κ3) is 5.47. The van der Waals surface area contributed by atoms with Crippen molar-refractivity contribution < 1.29 is 17.9 Å². The maximum absolute atomic E-state index is 12.3. The highest BCUT2D eigenvalue weighted by atomic mass is 32.2. The molecule has 2 aromatic carbocycles. The lowest BCUT2D eigenvalue weighted by Gasteiger charge is -2.19. The van der Waals surface area contributed by atoms with Gasteiger partial charge in [0.2, 0.25) is 10.0 Å². The molecule has 25 heavy (non-hydrogen) atoms. The van der Waals surface area contributed by atoms with Crippen LogP contribution in [-0.2, 0) is 15.4 Å². The van der Waals surface area contributed by atoms with Gasteiger partial charge in [0, 0.05) is 6.54 Å². The monoisotopic (exact) mass is 363 g/mol. The third-order valence-corrected chi connectivity index (χ3v) is 5.23. The lowest BCUT2D eigenvalue weighted by molar-refractivity contribution is 0.322. The topological polar surface area (TPSA) is 64.6 Å². The van der Waals surface area contributed by atoms with Crippen LogP contribution in [0.15, 0.2) is 53.4 Å². The number of sulfonamides is 1. The molecule has 0 aromatic heterocycles. The molecular formula is C19H25NO4S. The van der Waals surface area contributed by atoms with Gasteiger partial charge in [-0.3, -0.25) is 0 Å². The average Bonchev–Trinajstić information content (AvgIpc) is 2.58. The Morgan fingerprint density at radius 3 is 2.00 bits per heavy atom. The van der Waals surface area contributed by atoms with E-state index in [2.05, 4.69) is 25.5 Å². The third-order valence-electron chi connectivity index (χ3n) is 3.75. The SMILES string of the molecule is COc1ccc(OCCNS(=O)(=O)c2ccc(C(C)(C)C)cc2)cc1. The van der Waals surface area contributed by atoms with Gasteiger partial charge in [-0.1, -0.05) is 32.9 Å². The Balaban J connectivity index is 1.88. The first-order chi connectivity index (χ1) is 11.7. The predicted molar refractivity (Wildman–Crippen MR) is 98.8 cm³/mol. The molecule has 0 saturated heterocycles. The van der Waals surface area contributed by atoms with Crippen molar-refractivity contribution in [1.29, 1.82) is 0 Å². The summed E-state index contributed by atoms with van der Waals surface area (Å²) < 4.78 is 37.7. The summed E-state index contributed by atoms with van der Waals surface area (Å²) in [6.07, 6.45) is 0. The van der Waals surface area contributed by atoms with Gasteiger partial charge in [-0.2, -0.15) is 0 Å². The lowest BCUT2D eigenvalue weighted by Crippen LogP contribution is -2.28. The number of hydrogen-bond donors (Lipinski definition) is 1. The predicted octanol–water partition coefficient (Wildman–Crippen LogP) is 3.35. The lowest BCUT2D eigenvalue weighted by atomic mass is 9.87. The molecule has 0 fully saturated rings. The molecule has 1 N–H and O–H groups in total. The van der Waals surface area contributed by atoms with Crippen LogP contribution in [-0.4, -0.2) is 28.7 Å². The second-order valence-electron chi connectivity index (χ2n) is 6.70. The van der Waals surface area contributed by atoms with Crippen LogP contribution in [0.2, 0.25) is 0 Å². The molecule has 2 aromatic rings. The Morgan fingerprint density at radius 1 is 0.920 bits per heavy atom. The van der Waals surface area contributed by atoms with Gasteiger partial charge in [0.25, 0.3) is 0 Å². The van der Waals surface area contributed by atoms with E-state index in [1.807, 2.05) is 12.1 Å². The van der Waals surface area contributed by atoms with Crippen LogP contribution in [0, 0.1) is 0 Å². The van der Waals surface area contributed by atoms with Gasteiger partial charge in [-0.25, -0.2) is 13.1 Å². The van der Waals surface area contributed by atoms with E-state index in [9.17, 15) is 8.42 Å². The Bertz CT molecular complexity index is 776. The van der Waals surface area contributed by atoms with E-state index in [0.29, 0.717) is 5.75 Å². The molecule has 0 atom stereocenters. The van der Waals surface area contributed by atoms with E-state index in [0.717, 1.165) is 11.3 Å². The summed E-state index contributed by atoms with van der Waals surface area (Å²) in [5, 5.41) is 0.